The van der Waals surface area contributed by atoms with Gasteiger partial charge in [-0.15, -0.1) is 5.10 Å². The third-order valence-electron chi connectivity index (χ3n) is 8.37. The number of para-hydroxylation sites is 1. The van der Waals surface area contributed by atoms with Crippen molar-refractivity contribution in [3.05, 3.63) is 36.2 Å². The zero-order chi connectivity index (χ0) is 29.5. The molecule has 0 radical (unpaired) electrons. The van der Waals surface area contributed by atoms with Crippen LogP contribution >= 0.6 is 0 Å². The van der Waals surface area contributed by atoms with Gasteiger partial charge in [0.15, 0.2) is 0 Å². The van der Waals surface area contributed by atoms with Gasteiger partial charge in [0, 0.05) is 50.7 Å². The lowest BCUT2D eigenvalue weighted by Gasteiger charge is -2.35. The molecule has 2 aromatic heterocycles. The Labute approximate surface area is 255 Å². The van der Waals surface area contributed by atoms with Crippen molar-refractivity contribution in [2.45, 2.75) is 64.1 Å². The number of fused-ring (bicyclic) bond motifs is 1. The molecule has 1 aliphatic heterocycles. The van der Waals surface area contributed by atoms with Gasteiger partial charge < -0.3 is 30.7 Å². The summed E-state index contributed by atoms with van der Waals surface area (Å²) < 4.78 is 7.36. The van der Waals surface area contributed by atoms with Gasteiger partial charge in [0.25, 0.3) is 0 Å². The molecule has 236 valence electrons. The van der Waals surface area contributed by atoms with Gasteiger partial charge in [-0.3, -0.25) is 9.58 Å². The molecule has 0 atom stereocenters. The van der Waals surface area contributed by atoms with E-state index in [0.29, 0.717) is 25.7 Å². The number of ether oxygens (including phenoxy) is 1. The molecule has 3 heterocycles. The highest BCUT2D eigenvalue weighted by Gasteiger charge is 2.21. The average Bonchev–Trinajstić information content (AvgIpc) is 3.51. The lowest BCUT2D eigenvalue weighted by Crippen LogP contribution is -2.47. The van der Waals surface area contributed by atoms with E-state index < -0.39 is 0 Å². The van der Waals surface area contributed by atoms with Crippen molar-refractivity contribution in [3.63, 3.8) is 0 Å². The standard InChI is InChI=1S/C31H50N10O2/c42-21-23-43-22-20-39-16-18-40(19-17-39)30-28-10-4-5-11-29(28)35-31(36-30)34-24-27-25-41(38-37-27)15-7-13-32-12-6-14-33-26-8-2-1-3-9-26/h4-5,10-11,25-26,32-33,42H,1-3,6-9,12-24H2,(H,34,35,36). The molecule has 12 heteroatoms. The van der Waals surface area contributed by atoms with Gasteiger partial charge in [0.1, 0.15) is 11.5 Å². The van der Waals surface area contributed by atoms with Crippen LogP contribution in [0, 0.1) is 0 Å². The largest absolute Gasteiger partial charge is 0.394 e. The van der Waals surface area contributed by atoms with E-state index in [0.717, 1.165) is 93.8 Å². The summed E-state index contributed by atoms with van der Waals surface area (Å²) in [5.74, 6) is 1.57. The molecule has 0 unspecified atom stereocenters. The first-order valence-electron chi connectivity index (χ1n) is 16.3. The molecule has 0 amide bonds. The van der Waals surface area contributed by atoms with Crippen LogP contribution in [0.25, 0.3) is 10.9 Å². The Kier molecular flexibility index (Phi) is 12.8. The van der Waals surface area contributed by atoms with Gasteiger partial charge in [0.05, 0.1) is 38.1 Å². The van der Waals surface area contributed by atoms with E-state index in [4.69, 9.17) is 19.8 Å². The number of nitrogens with zero attached hydrogens (tertiary/aromatic N) is 7. The maximum atomic E-state index is 8.90. The molecule has 1 saturated carbocycles. The number of hydrogen-bond donors (Lipinski definition) is 4. The zero-order valence-electron chi connectivity index (χ0n) is 25.6. The third kappa shape index (κ3) is 10.1. The van der Waals surface area contributed by atoms with Crippen LogP contribution in [0.1, 0.15) is 50.6 Å². The van der Waals surface area contributed by atoms with E-state index in [2.05, 4.69) is 42.1 Å². The van der Waals surface area contributed by atoms with E-state index in [1.807, 2.05) is 29.1 Å². The molecule has 3 aromatic rings. The van der Waals surface area contributed by atoms with Gasteiger partial charge in [-0.05, 0) is 57.5 Å². The number of anilines is 2. The Bertz CT molecular complexity index is 1210. The number of piperazine rings is 1. The molecular weight excluding hydrogens is 544 g/mol. The van der Waals surface area contributed by atoms with Crippen LogP contribution in [0.15, 0.2) is 30.5 Å². The van der Waals surface area contributed by atoms with Crippen LogP contribution in [0.5, 0.6) is 0 Å². The molecule has 4 N–H and O–H groups in total. The van der Waals surface area contributed by atoms with Crippen molar-refractivity contribution in [3.8, 4) is 0 Å². The Morgan fingerprint density at radius 3 is 2.60 bits per heavy atom. The smallest absolute Gasteiger partial charge is 0.225 e. The second kappa shape index (κ2) is 17.4. The number of hydrogen-bond acceptors (Lipinski definition) is 11. The summed E-state index contributed by atoms with van der Waals surface area (Å²) in [6.07, 6.45) is 11.1. The number of aryl methyl sites for hydroxylation is 1. The third-order valence-corrected chi connectivity index (χ3v) is 8.37. The molecule has 1 aromatic carbocycles. The summed E-state index contributed by atoms with van der Waals surface area (Å²) >= 11 is 0. The first kappa shape index (κ1) is 31.5. The fourth-order valence-corrected chi connectivity index (χ4v) is 5.94. The van der Waals surface area contributed by atoms with Crippen LogP contribution in [-0.2, 0) is 17.8 Å². The highest BCUT2D eigenvalue weighted by molar-refractivity contribution is 5.90. The number of aromatic nitrogens is 5. The summed E-state index contributed by atoms with van der Waals surface area (Å²) in [6, 6.07) is 8.94. The molecule has 1 aliphatic carbocycles. The number of nitrogens with one attached hydrogen (secondary N) is 3. The molecule has 0 bridgehead atoms. The summed E-state index contributed by atoms with van der Waals surface area (Å²) in [4.78, 5) is 14.5. The fraction of sp³-hybridized carbons (Fsp3) is 0.677. The maximum absolute atomic E-state index is 8.90. The van der Waals surface area contributed by atoms with Crippen LogP contribution < -0.4 is 20.9 Å². The van der Waals surface area contributed by atoms with Gasteiger partial charge in [-0.1, -0.05) is 36.6 Å². The topological polar surface area (TPSA) is 129 Å². The van der Waals surface area contributed by atoms with Gasteiger partial charge in [-0.2, -0.15) is 4.98 Å². The van der Waals surface area contributed by atoms with Gasteiger partial charge >= 0.3 is 0 Å². The maximum Gasteiger partial charge on any atom is 0.225 e. The van der Waals surface area contributed by atoms with E-state index in [1.54, 1.807) is 0 Å². The van der Waals surface area contributed by atoms with Crippen LogP contribution in [-0.4, -0.2) is 113 Å². The first-order chi connectivity index (χ1) is 21.3. The summed E-state index contributed by atoms with van der Waals surface area (Å²) in [6.45, 7) is 10.2. The normalized spacial score (nSPS) is 16.7. The van der Waals surface area contributed by atoms with Crippen molar-refractivity contribution in [2.24, 2.45) is 0 Å². The molecular formula is C31H50N10O2. The average molecular weight is 595 g/mol. The monoisotopic (exact) mass is 594 g/mol. The first-order valence-corrected chi connectivity index (χ1v) is 16.3. The van der Waals surface area contributed by atoms with Crippen molar-refractivity contribution in [2.75, 3.05) is 82.4 Å². The fourth-order valence-electron chi connectivity index (χ4n) is 5.94. The lowest BCUT2D eigenvalue weighted by atomic mass is 9.95. The second-order valence-electron chi connectivity index (χ2n) is 11.6. The highest BCUT2D eigenvalue weighted by Crippen LogP contribution is 2.26. The Morgan fingerprint density at radius 2 is 1.74 bits per heavy atom. The molecule has 43 heavy (non-hydrogen) atoms. The SMILES string of the molecule is OCCOCCN1CCN(c2nc(NCc3cn(CCCNCCCNC4CCCCC4)nn3)nc3ccccc23)CC1. The van der Waals surface area contributed by atoms with Gasteiger partial charge in [0.2, 0.25) is 5.95 Å². The van der Waals surface area contributed by atoms with E-state index in [-0.39, 0.29) is 6.61 Å². The van der Waals surface area contributed by atoms with Crippen molar-refractivity contribution >= 4 is 22.7 Å². The van der Waals surface area contributed by atoms with Crippen LogP contribution in [0.3, 0.4) is 0 Å². The van der Waals surface area contributed by atoms with E-state index in [1.165, 1.54) is 38.5 Å². The van der Waals surface area contributed by atoms with E-state index in [9.17, 15) is 0 Å². The molecule has 2 fully saturated rings. The minimum atomic E-state index is 0.0691. The Morgan fingerprint density at radius 1 is 0.907 bits per heavy atom. The number of benzene rings is 1. The van der Waals surface area contributed by atoms with E-state index >= 15 is 0 Å². The highest BCUT2D eigenvalue weighted by atomic mass is 16.5. The minimum absolute atomic E-state index is 0.0691. The molecule has 5 rings (SSSR count). The zero-order valence-corrected chi connectivity index (χ0v) is 25.6. The van der Waals surface area contributed by atoms with Gasteiger partial charge in [-0.25, -0.2) is 4.98 Å². The number of aliphatic hydroxyl groups is 1. The summed E-state index contributed by atoms with van der Waals surface area (Å²) in [5.41, 5.74) is 1.80. The van der Waals surface area contributed by atoms with Crippen molar-refractivity contribution in [1.82, 2.24) is 40.5 Å². The number of rotatable bonds is 18. The lowest BCUT2D eigenvalue weighted by molar-refractivity contribution is 0.0724. The minimum Gasteiger partial charge on any atom is -0.394 e. The molecule has 12 nitrogen and oxygen atoms in total. The second-order valence-corrected chi connectivity index (χ2v) is 11.6. The predicted octanol–water partition coefficient (Wildman–Crippen LogP) is 2.26. The summed E-state index contributed by atoms with van der Waals surface area (Å²) in [5, 5.41) is 29.3. The predicted molar refractivity (Wildman–Crippen MR) is 170 cm³/mol. The molecule has 1 saturated heterocycles. The van der Waals surface area contributed by atoms with Crippen LogP contribution in [0.4, 0.5) is 11.8 Å². The summed E-state index contributed by atoms with van der Waals surface area (Å²) in [7, 11) is 0. The Balaban J connectivity index is 1.04. The quantitative estimate of drug-likeness (QED) is 0.162. The molecule has 2 aliphatic rings. The molecule has 0 spiro atoms. The Hall–Kier alpha value is -2.90. The van der Waals surface area contributed by atoms with Crippen LogP contribution in [0.2, 0.25) is 0 Å². The number of aliphatic hydroxyl groups excluding tert-OH is 1. The van der Waals surface area contributed by atoms with Crippen molar-refractivity contribution in [1.29, 1.82) is 0 Å². The van der Waals surface area contributed by atoms with Crippen molar-refractivity contribution < 1.29 is 9.84 Å².